The Hall–Kier alpha value is -1.30. The van der Waals surface area contributed by atoms with Gasteiger partial charge in [0.25, 0.3) is 0 Å². The first-order valence-corrected chi connectivity index (χ1v) is 11.4. The Bertz CT molecular complexity index is 843. The first-order chi connectivity index (χ1) is 14.4. The molecule has 178 valence electrons. The maximum Gasteiger partial charge on any atom is 0.115 e. The maximum atomic E-state index is 11.9. The van der Waals surface area contributed by atoms with Crippen LogP contribution in [0.4, 0.5) is 0 Å². The number of phenols is 1. The van der Waals surface area contributed by atoms with Gasteiger partial charge in [-0.3, -0.25) is 4.90 Å². The average molecular weight is 482 g/mol. The molecule has 32 heavy (non-hydrogen) atoms. The summed E-state index contributed by atoms with van der Waals surface area (Å²) in [7, 11) is 4.16. The third kappa shape index (κ3) is 5.26. The smallest absolute Gasteiger partial charge is 0.115 e. The fourth-order valence-corrected chi connectivity index (χ4v) is 5.88. The van der Waals surface area contributed by atoms with E-state index in [9.17, 15) is 10.2 Å². The largest absolute Gasteiger partial charge is 0.508 e. The van der Waals surface area contributed by atoms with Crippen molar-refractivity contribution in [3.05, 3.63) is 65.7 Å². The van der Waals surface area contributed by atoms with Crippen molar-refractivity contribution >= 4 is 24.8 Å². The van der Waals surface area contributed by atoms with Crippen molar-refractivity contribution in [3.8, 4) is 5.75 Å². The van der Waals surface area contributed by atoms with Gasteiger partial charge < -0.3 is 15.1 Å². The van der Waals surface area contributed by atoms with E-state index >= 15 is 0 Å². The molecule has 2 aromatic rings. The second-order valence-electron chi connectivity index (χ2n) is 9.59. The van der Waals surface area contributed by atoms with Crippen LogP contribution in [0.25, 0.3) is 0 Å². The summed E-state index contributed by atoms with van der Waals surface area (Å²) < 4.78 is 0. The fourth-order valence-electron chi connectivity index (χ4n) is 5.88. The summed E-state index contributed by atoms with van der Waals surface area (Å²) in [4.78, 5) is 4.85. The molecule has 1 aliphatic carbocycles. The molecule has 0 amide bonds. The average Bonchev–Trinajstić information content (AvgIpc) is 2.76. The Kier molecular flexibility index (Phi) is 9.45. The monoisotopic (exact) mass is 480 g/mol. The van der Waals surface area contributed by atoms with Crippen molar-refractivity contribution in [1.29, 1.82) is 0 Å². The van der Waals surface area contributed by atoms with E-state index in [2.05, 4.69) is 54.2 Å². The van der Waals surface area contributed by atoms with Crippen LogP contribution in [0.5, 0.6) is 5.75 Å². The topological polar surface area (TPSA) is 46.9 Å². The highest BCUT2D eigenvalue weighted by molar-refractivity contribution is 5.85. The second kappa shape index (κ2) is 11.2. The van der Waals surface area contributed by atoms with E-state index in [1.807, 2.05) is 12.1 Å². The molecule has 0 radical (unpaired) electrons. The van der Waals surface area contributed by atoms with E-state index < -0.39 is 5.60 Å². The number of hydrogen-bond acceptors (Lipinski definition) is 4. The summed E-state index contributed by atoms with van der Waals surface area (Å²) >= 11 is 0. The normalized spacial score (nSPS) is 25.6. The van der Waals surface area contributed by atoms with Crippen LogP contribution < -0.4 is 0 Å². The molecule has 1 aliphatic heterocycles. The quantitative estimate of drug-likeness (QED) is 0.619. The lowest BCUT2D eigenvalue weighted by molar-refractivity contribution is -0.115. The first-order valence-electron chi connectivity index (χ1n) is 11.4. The van der Waals surface area contributed by atoms with E-state index in [0.29, 0.717) is 6.42 Å². The van der Waals surface area contributed by atoms with E-state index in [0.717, 1.165) is 25.2 Å². The van der Waals surface area contributed by atoms with E-state index in [1.54, 1.807) is 12.1 Å². The molecule has 0 spiro atoms. The predicted molar refractivity (Wildman–Crippen MR) is 136 cm³/mol. The summed E-state index contributed by atoms with van der Waals surface area (Å²) in [5, 5.41) is 21.9. The molecule has 2 N–H and O–H groups in total. The molecule has 4 rings (SSSR count). The number of rotatable bonds is 5. The second-order valence-corrected chi connectivity index (χ2v) is 9.59. The maximum absolute atomic E-state index is 11.9. The standard InChI is InChI=1S/C26H36N2O2.2ClH/c1-27(2)19-23-20-28(17-16-26(23,30)22-12-9-13-24(29)18-22)25(14-7-4-8-15-25)21-10-5-3-6-11-21;;/h3,5-6,9-13,18,23,29-30H,4,7-8,14-17,19-20H2,1-2H3;2*1H. The lowest BCUT2D eigenvalue weighted by Gasteiger charge is -2.54. The zero-order chi connectivity index (χ0) is 21.2. The van der Waals surface area contributed by atoms with Crippen molar-refractivity contribution < 1.29 is 10.2 Å². The minimum atomic E-state index is -0.925. The van der Waals surface area contributed by atoms with Gasteiger partial charge in [0.15, 0.2) is 0 Å². The van der Waals surface area contributed by atoms with Crippen LogP contribution in [0.15, 0.2) is 54.6 Å². The van der Waals surface area contributed by atoms with Crippen molar-refractivity contribution in [1.82, 2.24) is 9.80 Å². The molecular formula is C26H38Cl2N2O2. The van der Waals surface area contributed by atoms with Gasteiger partial charge in [-0.25, -0.2) is 0 Å². The molecule has 0 bridgehead atoms. The number of likely N-dealkylation sites (tertiary alicyclic amines) is 1. The summed E-state index contributed by atoms with van der Waals surface area (Å²) in [5.41, 5.74) is 1.42. The van der Waals surface area contributed by atoms with E-state index in [1.165, 1.54) is 37.7 Å². The minimum absolute atomic E-state index is 0. The van der Waals surface area contributed by atoms with Crippen LogP contribution in [0.1, 0.15) is 49.7 Å². The van der Waals surface area contributed by atoms with Crippen molar-refractivity contribution in [2.75, 3.05) is 33.7 Å². The highest BCUT2D eigenvalue weighted by Gasteiger charge is 2.49. The lowest BCUT2D eigenvalue weighted by atomic mass is 9.70. The van der Waals surface area contributed by atoms with Gasteiger partial charge in [0, 0.05) is 31.1 Å². The van der Waals surface area contributed by atoms with Crippen LogP contribution in [0.3, 0.4) is 0 Å². The molecule has 0 aromatic heterocycles. The molecule has 1 saturated heterocycles. The molecular weight excluding hydrogens is 443 g/mol. The molecule has 2 aliphatic rings. The third-order valence-electron chi connectivity index (χ3n) is 7.41. The van der Waals surface area contributed by atoms with Gasteiger partial charge in [0.2, 0.25) is 0 Å². The van der Waals surface area contributed by atoms with Gasteiger partial charge in [-0.15, -0.1) is 24.8 Å². The summed E-state index contributed by atoms with van der Waals surface area (Å²) in [6.45, 7) is 2.54. The number of halogens is 2. The Labute approximate surface area is 205 Å². The molecule has 2 fully saturated rings. The van der Waals surface area contributed by atoms with Crippen LogP contribution in [0.2, 0.25) is 0 Å². The fraction of sp³-hybridized carbons (Fsp3) is 0.538. The zero-order valence-electron chi connectivity index (χ0n) is 19.2. The number of phenolic OH excluding ortho intramolecular Hbond substituents is 1. The Morgan fingerprint density at radius 3 is 2.19 bits per heavy atom. The molecule has 2 atom stereocenters. The van der Waals surface area contributed by atoms with Gasteiger partial charge in [-0.2, -0.15) is 0 Å². The molecule has 2 aromatic carbocycles. The van der Waals surface area contributed by atoms with Crippen LogP contribution in [-0.2, 0) is 11.1 Å². The number of aliphatic hydroxyl groups is 1. The van der Waals surface area contributed by atoms with Gasteiger partial charge in [0.05, 0.1) is 5.60 Å². The molecule has 1 saturated carbocycles. The van der Waals surface area contributed by atoms with E-state index in [4.69, 9.17) is 0 Å². The van der Waals surface area contributed by atoms with E-state index in [-0.39, 0.29) is 42.0 Å². The van der Waals surface area contributed by atoms with Crippen molar-refractivity contribution in [2.45, 2.75) is 49.7 Å². The van der Waals surface area contributed by atoms with Crippen molar-refractivity contribution in [3.63, 3.8) is 0 Å². The van der Waals surface area contributed by atoms with Crippen LogP contribution in [-0.4, -0.2) is 53.7 Å². The van der Waals surface area contributed by atoms with Crippen LogP contribution in [0, 0.1) is 5.92 Å². The lowest BCUT2D eigenvalue weighted by Crippen LogP contribution is -2.59. The Balaban J connectivity index is 0.00000181. The SMILES string of the molecule is CN(C)CC1CN(C2(c3ccccc3)CCCCC2)CCC1(O)c1cccc(O)c1.Cl.Cl. The van der Waals surface area contributed by atoms with Gasteiger partial charge in [-0.05, 0) is 56.6 Å². The molecule has 1 heterocycles. The number of nitrogens with zero attached hydrogens (tertiary/aromatic N) is 2. The Morgan fingerprint density at radius 1 is 0.906 bits per heavy atom. The minimum Gasteiger partial charge on any atom is -0.508 e. The highest BCUT2D eigenvalue weighted by atomic mass is 35.5. The van der Waals surface area contributed by atoms with Crippen LogP contribution >= 0.6 is 24.8 Å². The van der Waals surface area contributed by atoms with Gasteiger partial charge in [-0.1, -0.05) is 61.7 Å². The number of aromatic hydroxyl groups is 1. The number of piperidine rings is 1. The van der Waals surface area contributed by atoms with Gasteiger partial charge >= 0.3 is 0 Å². The zero-order valence-corrected chi connectivity index (χ0v) is 20.9. The molecule has 4 nitrogen and oxygen atoms in total. The first kappa shape index (κ1) is 26.9. The predicted octanol–water partition coefficient (Wildman–Crippen LogP) is 5.17. The summed E-state index contributed by atoms with van der Waals surface area (Å²) in [6.07, 6.45) is 6.91. The molecule has 2 unspecified atom stereocenters. The summed E-state index contributed by atoms with van der Waals surface area (Å²) in [5.74, 6) is 0.297. The number of hydrogen-bond donors (Lipinski definition) is 2. The third-order valence-corrected chi connectivity index (χ3v) is 7.41. The summed E-state index contributed by atoms with van der Waals surface area (Å²) in [6, 6.07) is 18.2. The van der Waals surface area contributed by atoms with Gasteiger partial charge in [0.1, 0.15) is 5.75 Å². The highest BCUT2D eigenvalue weighted by Crippen LogP contribution is 2.47. The molecule has 6 heteroatoms. The number of benzene rings is 2. The van der Waals surface area contributed by atoms with Crippen molar-refractivity contribution in [2.24, 2.45) is 5.92 Å². The Morgan fingerprint density at radius 2 is 1.56 bits per heavy atom.